The minimum atomic E-state index is -0.580. The zero-order valence-corrected chi connectivity index (χ0v) is 15.8. The summed E-state index contributed by atoms with van der Waals surface area (Å²) in [5.74, 6) is 0.391. The number of carbonyl (C=O) groups excluding carboxylic acids is 1. The summed E-state index contributed by atoms with van der Waals surface area (Å²) in [6.07, 6.45) is 0. The molecule has 0 spiro atoms. The molecule has 0 radical (unpaired) electrons. The molecule has 7 heteroatoms. The molecule has 29 heavy (non-hydrogen) atoms. The van der Waals surface area contributed by atoms with E-state index in [1.165, 1.54) is 25.3 Å². The van der Waals surface area contributed by atoms with Crippen LogP contribution in [0.4, 0.5) is 5.69 Å². The Morgan fingerprint density at radius 2 is 1.76 bits per heavy atom. The molecule has 3 aromatic rings. The van der Waals surface area contributed by atoms with Crippen LogP contribution in [0.1, 0.15) is 21.5 Å². The van der Waals surface area contributed by atoms with Gasteiger partial charge in [-0.2, -0.15) is 0 Å². The molecule has 7 nitrogen and oxygen atoms in total. The molecule has 0 atom stereocenters. The molecule has 0 unspecified atom stereocenters. The molecule has 0 fully saturated rings. The molecule has 0 aliphatic rings. The first-order valence-corrected chi connectivity index (χ1v) is 8.93. The van der Waals surface area contributed by atoms with Crippen molar-refractivity contribution in [3.63, 3.8) is 0 Å². The summed E-state index contributed by atoms with van der Waals surface area (Å²) in [5, 5.41) is 13.9. The van der Waals surface area contributed by atoms with Crippen molar-refractivity contribution in [1.82, 2.24) is 5.32 Å². The van der Waals surface area contributed by atoms with Gasteiger partial charge in [-0.05, 0) is 35.4 Å². The lowest BCUT2D eigenvalue weighted by molar-refractivity contribution is -0.385. The summed E-state index contributed by atoms with van der Waals surface area (Å²) in [6.45, 7) is 0.716. The second-order valence-electron chi connectivity index (χ2n) is 6.25. The highest BCUT2D eigenvalue weighted by Gasteiger charge is 2.18. The standard InChI is InChI=1S/C22H20N2O5/c1-28-21-11-10-18(13-20(21)24(26)27)22(25)23-14-17-8-5-9-19(12-17)29-15-16-6-3-2-4-7-16/h2-13H,14-15H2,1H3,(H,23,25). The lowest BCUT2D eigenvalue weighted by atomic mass is 10.1. The van der Waals surface area contributed by atoms with Gasteiger partial charge >= 0.3 is 5.69 Å². The summed E-state index contributed by atoms with van der Waals surface area (Å²) in [7, 11) is 1.34. The van der Waals surface area contributed by atoms with Gasteiger partial charge in [-0.15, -0.1) is 0 Å². The fourth-order valence-corrected chi connectivity index (χ4v) is 2.74. The van der Waals surface area contributed by atoms with Crippen LogP contribution >= 0.6 is 0 Å². The number of hydrogen-bond donors (Lipinski definition) is 1. The number of amides is 1. The van der Waals surface area contributed by atoms with Gasteiger partial charge in [-0.3, -0.25) is 14.9 Å². The van der Waals surface area contributed by atoms with Crippen LogP contribution in [0.2, 0.25) is 0 Å². The van der Waals surface area contributed by atoms with E-state index in [1.807, 2.05) is 54.6 Å². The molecule has 0 aliphatic carbocycles. The fourth-order valence-electron chi connectivity index (χ4n) is 2.74. The highest BCUT2D eigenvalue weighted by Crippen LogP contribution is 2.27. The van der Waals surface area contributed by atoms with Crippen molar-refractivity contribution in [1.29, 1.82) is 0 Å². The van der Waals surface area contributed by atoms with Crippen molar-refractivity contribution in [2.45, 2.75) is 13.2 Å². The van der Waals surface area contributed by atoms with Gasteiger partial charge in [0.05, 0.1) is 12.0 Å². The number of benzene rings is 3. The molecule has 0 saturated heterocycles. The molecule has 148 valence electrons. The van der Waals surface area contributed by atoms with Crippen LogP contribution in [-0.4, -0.2) is 17.9 Å². The first-order chi connectivity index (χ1) is 14.1. The first kappa shape index (κ1) is 19.9. The highest BCUT2D eigenvalue weighted by molar-refractivity contribution is 5.95. The molecule has 0 aromatic heterocycles. The maximum absolute atomic E-state index is 12.4. The summed E-state index contributed by atoms with van der Waals surface area (Å²) < 4.78 is 10.7. The zero-order chi connectivity index (χ0) is 20.6. The van der Waals surface area contributed by atoms with Gasteiger partial charge < -0.3 is 14.8 Å². The van der Waals surface area contributed by atoms with Crippen molar-refractivity contribution >= 4 is 11.6 Å². The van der Waals surface area contributed by atoms with Crippen LogP contribution < -0.4 is 14.8 Å². The van der Waals surface area contributed by atoms with E-state index in [0.29, 0.717) is 12.4 Å². The minimum Gasteiger partial charge on any atom is -0.490 e. The van der Waals surface area contributed by atoms with Crippen molar-refractivity contribution in [2.24, 2.45) is 0 Å². The third-order valence-corrected chi connectivity index (χ3v) is 4.24. The Balaban J connectivity index is 1.62. The summed E-state index contributed by atoms with van der Waals surface area (Å²) in [5.41, 5.74) is 1.85. The van der Waals surface area contributed by atoms with E-state index in [4.69, 9.17) is 9.47 Å². The van der Waals surface area contributed by atoms with Gasteiger partial charge in [0.2, 0.25) is 0 Å². The van der Waals surface area contributed by atoms with Gasteiger partial charge in [0.25, 0.3) is 5.91 Å². The Kier molecular flexibility index (Phi) is 6.42. The smallest absolute Gasteiger partial charge is 0.311 e. The second kappa shape index (κ2) is 9.36. The number of nitrogens with one attached hydrogen (secondary N) is 1. The molecule has 0 bridgehead atoms. The maximum atomic E-state index is 12.4. The average Bonchev–Trinajstić information content (AvgIpc) is 2.76. The quantitative estimate of drug-likeness (QED) is 0.460. The van der Waals surface area contributed by atoms with E-state index in [1.54, 1.807) is 0 Å². The SMILES string of the molecule is COc1ccc(C(=O)NCc2cccc(OCc3ccccc3)c2)cc1[N+](=O)[O-]. The Morgan fingerprint density at radius 3 is 2.48 bits per heavy atom. The number of rotatable bonds is 8. The van der Waals surface area contributed by atoms with Crippen LogP contribution in [0.25, 0.3) is 0 Å². The summed E-state index contributed by atoms with van der Waals surface area (Å²) in [6, 6.07) is 21.3. The van der Waals surface area contributed by atoms with E-state index >= 15 is 0 Å². The number of nitro benzene ring substituents is 1. The zero-order valence-electron chi connectivity index (χ0n) is 15.8. The summed E-state index contributed by atoms with van der Waals surface area (Å²) >= 11 is 0. The Labute approximate surface area is 168 Å². The van der Waals surface area contributed by atoms with Gasteiger partial charge in [0.15, 0.2) is 5.75 Å². The normalized spacial score (nSPS) is 10.2. The summed E-state index contributed by atoms with van der Waals surface area (Å²) in [4.78, 5) is 22.9. The third-order valence-electron chi connectivity index (χ3n) is 4.24. The van der Waals surface area contributed by atoms with E-state index in [2.05, 4.69) is 5.32 Å². The molecule has 1 N–H and O–H groups in total. The van der Waals surface area contributed by atoms with Crippen molar-refractivity contribution in [3.8, 4) is 11.5 Å². The van der Waals surface area contributed by atoms with Gasteiger partial charge in [-0.25, -0.2) is 0 Å². The molecule has 0 heterocycles. The fraction of sp³-hybridized carbons (Fsp3) is 0.136. The predicted octanol–water partition coefficient (Wildman–Crippen LogP) is 4.11. The molecule has 0 aliphatic heterocycles. The lowest BCUT2D eigenvalue weighted by Crippen LogP contribution is -2.22. The van der Waals surface area contributed by atoms with Crippen molar-refractivity contribution < 1.29 is 19.2 Å². The highest BCUT2D eigenvalue weighted by atomic mass is 16.6. The Bertz CT molecular complexity index is 1010. The maximum Gasteiger partial charge on any atom is 0.311 e. The monoisotopic (exact) mass is 392 g/mol. The van der Waals surface area contributed by atoms with E-state index in [0.717, 1.165) is 11.1 Å². The number of nitro groups is 1. The van der Waals surface area contributed by atoms with Crippen LogP contribution in [-0.2, 0) is 13.2 Å². The lowest BCUT2D eigenvalue weighted by Gasteiger charge is -2.10. The predicted molar refractivity (Wildman–Crippen MR) is 108 cm³/mol. The van der Waals surface area contributed by atoms with Gasteiger partial charge in [0, 0.05) is 18.2 Å². The van der Waals surface area contributed by atoms with Crippen molar-refractivity contribution in [2.75, 3.05) is 7.11 Å². The Hall–Kier alpha value is -3.87. The molecule has 3 rings (SSSR count). The van der Waals surface area contributed by atoms with Gasteiger partial charge in [-0.1, -0.05) is 42.5 Å². The Morgan fingerprint density at radius 1 is 1.00 bits per heavy atom. The van der Waals surface area contributed by atoms with Crippen molar-refractivity contribution in [3.05, 3.63) is 99.6 Å². The molecular formula is C22H20N2O5. The van der Waals surface area contributed by atoms with Gasteiger partial charge in [0.1, 0.15) is 12.4 Å². The van der Waals surface area contributed by atoms with E-state index in [-0.39, 0.29) is 23.5 Å². The molecular weight excluding hydrogens is 372 g/mol. The molecule has 3 aromatic carbocycles. The second-order valence-corrected chi connectivity index (χ2v) is 6.25. The van der Waals surface area contributed by atoms with Crippen LogP contribution in [0, 0.1) is 10.1 Å². The van der Waals surface area contributed by atoms with E-state index in [9.17, 15) is 14.9 Å². The largest absolute Gasteiger partial charge is 0.490 e. The average molecular weight is 392 g/mol. The number of nitrogens with zero attached hydrogens (tertiary/aromatic N) is 1. The van der Waals surface area contributed by atoms with E-state index < -0.39 is 10.8 Å². The number of hydrogen-bond acceptors (Lipinski definition) is 5. The number of ether oxygens (including phenoxy) is 2. The molecule has 1 amide bonds. The third kappa shape index (κ3) is 5.32. The topological polar surface area (TPSA) is 90.7 Å². The molecule has 0 saturated carbocycles. The number of carbonyl (C=O) groups is 1. The first-order valence-electron chi connectivity index (χ1n) is 8.93. The van der Waals surface area contributed by atoms with Crippen LogP contribution in [0.3, 0.4) is 0 Å². The number of methoxy groups -OCH3 is 1. The van der Waals surface area contributed by atoms with Crippen LogP contribution in [0.15, 0.2) is 72.8 Å². The minimum absolute atomic E-state index is 0.106. The van der Waals surface area contributed by atoms with Crippen LogP contribution in [0.5, 0.6) is 11.5 Å².